The Hall–Kier alpha value is -1.18. The number of rotatable bonds is 8. The van der Waals surface area contributed by atoms with Crippen LogP contribution in [0.15, 0.2) is 34.9 Å². The predicted molar refractivity (Wildman–Crippen MR) is 117 cm³/mol. The number of aliphatic hydroxyl groups is 1. The van der Waals surface area contributed by atoms with Crippen molar-refractivity contribution in [1.82, 2.24) is 8.96 Å². The molecular weight excluding hydrogens is 440 g/mol. The zero-order chi connectivity index (χ0) is 21.3. The first kappa shape index (κ1) is 23.1. The van der Waals surface area contributed by atoms with Crippen molar-refractivity contribution < 1.29 is 13.5 Å². The van der Waals surface area contributed by atoms with E-state index < -0.39 is 20.9 Å². The minimum atomic E-state index is -3.64. The van der Waals surface area contributed by atoms with Gasteiger partial charge >= 0.3 is 0 Å². The molecule has 28 heavy (non-hydrogen) atoms. The second kappa shape index (κ2) is 8.28. The van der Waals surface area contributed by atoms with Gasteiger partial charge in [0.2, 0.25) is 10.0 Å². The van der Waals surface area contributed by atoms with E-state index in [1.165, 1.54) is 3.97 Å². The van der Waals surface area contributed by atoms with Crippen LogP contribution >= 0.6 is 15.9 Å². The lowest BCUT2D eigenvalue weighted by Crippen LogP contribution is -2.33. The van der Waals surface area contributed by atoms with Gasteiger partial charge in [0.15, 0.2) is 5.82 Å². The molecule has 0 aliphatic rings. The summed E-state index contributed by atoms with van der Waals surface area (Å²) in [7, 11) is -3.64. The zero-order valence-electron chi connectivity index (χ0n) is 17.5. The molecule has 0 amide bonds. The Morgan fingerprint density at radius 3 is 2.21 bits per heavy atom. The van der Waals surface area contributed by atoms with Crippen molar-refractivity contribution in [3.8, 4) is 0 Å². The fraction of sp³-hybridized carbons (Fsp3) is 0.571. The second-order valence-electron chi connectivity index (χ2n) is 8.72. The van der Waals surface area contributed by atoms with Gasteiger partial charge in [-0.25, -0.2) is 17.4 Å². The van der Waals surface area contributed by atoms with Gasteiger partial charge in [-0.1, -0.05) is 55.3 Å². The lowest BCUT2D eigenvalue weighted by atomic mass is 9.85. The average molecular weight is 471 g/mol. The van der Waals surface area contributed by atoms with Crippen molar-refractivity contribution in [2.75, 3.05) is 0 Å². The molecule has 0 fully saturated rings. The van der Waals surface area contributed by atoms with Crippen LogP contribution in [0.25, 0.3) is 0 Å². The Morgan fingerprint density at radius 1 is 1.14 bits per heavy atom. The highest BCUT2D eigenvalue weighted by Crippen LogP contribution is 2.31. The fourth-order valence-electron chi connectivity index (χ4n) is 2.97. The Kier molecular flexibility index (Phi) is 6.83. The monoisotopic (exact) mass is 470 g/mol. The van der Waals surface area contributed by atoms with Crippen molar-refractivity contribution in [2.45, 2.75) is 71.7 Å². The lowest BCUT2D eigenvalue weighted by molar-refractivity contribution is 0.0474. The number of imidazole rings is 1. The summed E-state index contributed by atoms with van der Waals surface area (Å²) in [5.41, 5.74) is 0.155. The van der Waals surface area contributed by atoms with Crippen LogP contribution in [0.3, 0.4) is 0 Å². The van der Waals surface area contributed by atoms with Gasteiger partial charge in [-0.05, 0) is 50.3 Å². The number of benzene rings is 1. The van der Waals surface area contributed by atoms with E-state index in [4.69, 9.17) is 0 Å². The quantitative estimate of drug-likeness (QED) is 0.608. The van der Waals surface area contributed by atoms with Crippen LogP contribution in [0, 0.1) is 5.41 Å². The maximum absolute atomic E-state index is 13.0. The first-order valence-electron chi connectivity index (χ1n) is 9.58. The summed E-state index contributed by atoms with van der Waals surface area (Å²) in [4.78, 5) is 4.60. The molecule has 1 atom stereocenters. The van der Waals surface area contributed by atoms with Crippen LogP contribution in [0.2, 0.25) is 0 Å². The molecule has 1 aromatic heterocycles. The van der Waals surface area contributed by atoms with E-state index >= 15 is 0 Å². The molecule has 1 heterocycles. The molecule has 2 rings (SSSR count). The summed E-state index contributed by atoms with van der Waals surface area (Å²) < 4.78 is 28.0. The summed E-state index contributed by atoms with van der Waals surface area (Å²) in [5.74, 6) is 0.172. The third kappa shape index (κ3) is 5.24. The molecule has 0 aliphatic heterocycles. The highest BCUT2D eigenvalue weighted by Gasteiger charge is 2.35. The van der Waals surface area contributed by atoms with E-state index in [1.807, 2.05) is 24.3 Å². The molecule has 156 valence electrons. The van der Waals surface area contributed by atoms with Gasteiger partial charge < -0.3 is 5.11 Å². The molecule has 1 aromatic carbocycles. The van der Waals surface area contributed by atoms with E-state index in [-0.39, 0.29) is 17.7 Å². The van der Waals surface area contributed by atoms with Gasteiger partial charge in [0.25, 0.3) is 0 Å². The molecule has 1 unspecified atom stereocenters. The van der Waals surface area contributed by atoms with Gasteiger partial charge in [-0.15, -0.1) is 0 Å². The smallest absolute Gasteiger partial charge is 0.242 e. The van der Waals surface area contributed by atoms with Crippen LogP contribution in [0.5, 0.6) is 0 Å². The Morgan fingerprint density at radius 2 is 1.71 bits per heavy atom. The van der Waals surface area contributed by atoms with Crippen LogP contribution in [-0.4, -0.2) is 27.7 Å². The summed E-state index contributed by atoms with van der Waals surface area (Å²) in [6.07, 6.45) is 3.44. The third-order valence-corrected chi connectivity index (χ3v) is 7.70. The summed E-state index contributed by atoms with van der Waals surface area (Å²) in [6.45, 7) is 11.3. The highest BCUT2D eigenvalue weighted by atomic mass is 79.9. The minimum absolute atomic E-state index is 0.00436. The van der Waals surface area contributed by atoms with Crippen LogP contribution in [0.1, 0.15) is 65.0 Å². The summed E-state index contributed by atoms with van der Waals surface area (Å²) >= 11 is 3.40. The second-order valence-corrected chi connectivity index (χ2v) is 12.0. The molecule has 7 heteroatoms. The predicted octanol–water partition coefficient (Wildman–Crippen LogP) is 4.66. The van der Waals surface area contributed by atoms with Crippen molar-refractivity contribution in [2.24, 2.45) is 5.41 Å². The van der Waals surface area contributed by atoms with E-state index in [1.54, 1.807) is 27.0 Å². The van der Waals surface area contributed by atoms with Crippen molar-refractivity contribution in [1.29, 1.82) is 0 Å². The summed E-state index contributed by atoms with van der Waals surface area (Å²) in [6, 6.07) is 7.61. The average Bonchev–Trinajstić information content (AvgIpc) is 3.01. The zero-order valence-corrected chi connectivity index (χ0v) is 19.9. The Bertz CT molecular complexity index is 914. The number of halogens is 1. The van der Waals surface area contributed by atoms with E-state index in [0.29, 0.717) is 12.1 Å². The number of hydrogen-bond donors (Lipinski definition) is 1. The highest BCUT2D eigenvalue weighted by molar-refractivity contribution is 9.10. The molecule has 2 aromatic rings. The molecule has 1 N–H and O–H groups in total. The van der Waals surface area contributed by atoms with Gasteiger partial charge in [-0.3, -0.25) is 0 Å². The van der Waals surface area contributed by atoms with Gasteiger partial charge in [0.05, 0.1) is 10.9 Å². The van der Waals surface area contributed by atoms with Gasteiger partial charge in [-0.2, -0.15) is 0 Å². The third-order valence-electron chi connectivity index (χ3n) is 5.15. The number of hydrogen-bond acceptors (Lipinski definition) is 4. The van der Waals surface area contributed by atoms with Crippen molar-refractivity contribution in [3.05, 3.63) is 52.0 Å². The number of nitrogens with zero attached hydrogens (tertiary/aromatic N) is 2. The fourth-order valence-corrected chi connectivity index (χ4v) is 4.43. The van der Waals surface area contributed by atoms with Gasteiger partial charge in [0.1, 0.15) is 5.60 Å². The topological polar surface area (TPSA) is 72.2 Å². The normalized spacial score (nSPS) is 15.0. The largest absolute Gasteiger partial charge is 0.382 e. The molecule has 5 nitrogen and oxygen atoms in total. The lowest BCUT2D eigenvalue weighted by Gasteiger charge is -2.24. The molecular formula is C21H31BrN2O3S. The maximum Gasteiger partial charge on any atom is 0.242 e. The maximum atomic E-state index is 13.0. The molecule has 0 radical (unpaired) electrons. The molecule has 0 bridgehead atoms. The number of aromatic nitrogens is 2. The molecule has 0 spiro atoms. The SMILES string of the molecule is CCC(C)(C)Cc1cn(S(=O)(=O)C(C)C)c(C(C)(O)Cc2ccc(Br)cc2)n1. The standard InChI is InChI=1S/C21H31BrN2O3S/c1-7-20(4,5)13-18-14-24(28(26,27)15(2)3)19(23-18)21(6,25)12-16-8-10-17(22)11-9-16/h8-11,14-15,25H,7,12-13H2,1-6H3. The van der Waals surface area contributed by atoms with Crippen LogP contribution in [-0.2, 0) is 28.5 Å². The molecule has 0 aliphatic carbocycles. The van der Waals surface area contributed by atoms with E-state index in [0.717, 1.165) is 16.5 Å². The van der Waals surface area contributed by atoms with E-state index in [9.17, 15) is 13.5 Å². The van der Waals surface area contributed by atoms with Crippen LogP contribution in [0.4, 0.5) is 0 Å². The molecule has 0 saturated heterocycles. The molecule has 0 saturated carbocycles. The first-order valence-corrected chi connectivity index (χ1v) is 11.9. The van der Waals surface area contributed by atoms with Crippen LogP contribution < -0.4 is 0 Å². The van der Waals surface area contributed by atoms with E-state index in [2.05, 4.69) is 41.7 Å². The van der Waals surface area contributed by atoms with Crippen molar-refractivity contribution >= 4 is 26.0 Å². The van der Waals surface area contributed by atoms with Gasteiger partial charge in [0, 0.05) is 17.1 Å². The first-order chi connectivity index (χ1) is 12.8. The van der Waals surface area contributed by atoms with Crippen molar-refractivity contribution in [3.63, 3.8) is 0 Å². The minimum Gasteiger partial charge on any atom is -0.382 e. The summed E-state index contributed by atoms with van der Waals surface area (Å²) in [5, 5.41) is 10.6. The Labute approximate surface area is 177 Å². The Balaban J connectivity index is 2.53.